The summed E-state index contributed by atoms with van der Waals surface area (Å²) in [7, 11) is 1.50. The molecule has 0 fully saturated rings. The Hall–Kier alpha value is -1.62. The van der Waals surface area contributed by atoms with E-state index < -0.39 is 18.9 Å². The van der Waals surface area contributed by atoms with E-state index in [1.54, 1.807) is 18.2 Å². The fourth-order valence-corrected chi connectivity index (χ4v) is 1.72. The Morgan fingerprint density at radius 3 is 2.78 bits per heavy atom. The summed E-state index contributed by atoms with van der Waals surface area (Å²) in [5.41, 5.74) is 0.866. The van der Waals surface area contributed by atoms with Crippen molar-refractivity contribution in [1.29, 1.82) is 0 Å². The van der Waals surface area contributed by atoms with Gasteiger partial charge in [0, 0.05) is 29.4 Å². The Kier molecular flexibility index (Phi) is 5.09. The zero-order valence-corrected chi connectivity index (χ0v) is 10.4. The van der Waals surface area contributed by atoms with E-state index in [4.69, 9.17) is 16.7 Å². The smallest absolute Gasteiger partial charge is 0.328 e. The molecule has 0 aliphatic rings. The zero-order chi connectivity index (χ0) is 13.7. The number of carboxylic acid groups (broad SMARTS) is 1. The van der Waals surface area contributed by atoms with Crippen LogP contribution >= 0.6 is 11.6 Å². The number of nitrogens with zero attached hydrogens (tertiary/aromatic N) is 1. The first-order valence-corrected chi connectivity index (χ1v) is 5.48. The van der Waals surface area contributed by atoms with E-state index in [9.17, 15) is 13.6 Å². The van der Waals surface area contributed by atoms with Gasteiger partial charge in [0.25, 0.3) is 6.43 Å². The third kappa shape index (κ3) is 4.00. The molecule has 1 rings (SSSR count). The Morgan fingerprint density at radius 2 is 2.22 bits per heavy atom. The van der Waals surface area contributed by atoms with Gasteiger partial charge < -0.3 is 10.0 Å². The lowest BCUT2D eigenvalue weighted by Crippen LogP contribution is -2.24. The van der Waals surface area contributed by atoms with Crippen LogP contribution in [0.4, 0.5) is 14.5 Å². The molecule has 0 aromatic heterocycles. The van der Waals surface area contributed by atoms with Crippen molar-refractivity contribution in [2.24, 2.45) is 0 Å². The quantitative estimate of drug-likeness (QED) is 0.839. The van der Waals surface area contributed by atoms with Crippen molar-refractivity contribution in [3.05, 3.63) is 34.9 Å². The standard InChI is InChI=1S/C12H12ClF2NO2/c1-16(7-11(14)15)10-4-2-3-9(13)8(10)5-6-12(17)18/h2-6,11H,7H2,1H3,(H,17,18)/b6-5+. The lowest BCUT2D eigenvalue weighted by molar-refractivity contribution is -0.131. The van der Waals surface area contributed by atoms with Gasteiger partial charge in [-0.2, -0.15) is 0 Å². The minimum atomic E-state index is -2.48. The molecule has 0 saturated carbocycles. The average Bonchev–Trinajstić information content (AvgIpc) is 2.25. The van der Waals surface area contributed by atoms with E-state index in [1.807, 2.05) is 0 Å². The van der Waals surface area contributed by atoms with Gasteiger partial charge in [-0.25, -0.2) is 13.6 Å². The molecule has 3 nitrogen and oxygen atoms in total. The average molecular weight is 276 g/mol. The summed E-state index contributed by atoms with van der Waals surface area (Å²) in [6.07, 6.45) is -0.270. The lowest BCUT2D eigenvalue weighted by atomic mass is 10.1. The van der Waals surface area contributed by atoms with E-state index in [2.05, 4.69) is 0 Å². The molecule has 0 aliphatic carbocycles. The molecule has 18 heavy (non-hydrogen) atoms. The zero-order valence-electron chi connectivity index (χ0n) is 9.61. The summed E-state index contributed by atoms with van der Waals surface area (Å²) in [5, 5.41) is 8.89. The predicted octanol–water partition coefficient (Wildman–Crippen LogP) is 3.14. The maximum absolute atomic E-state index is 12.3. The first-order valence-electron chi connectivity index (χ1n) is 5.10. The number of rotatable bonds is 5. The SMILES string of the molecule is CN(CC(F)F)c1cccc(Cl)c1/C=C/C(=O)O. The highest BCUT2D eigenvalue weighted by Crippen LogP contribution is 2.28. The largest absolute Gasteiger partial charge is 0.478 e. The molecule has 0 heterocycles. The van der Waals surface area contributed by atoms with E-state index in [1.165, 1.54) is 18.0 Å². The highest BCUT2D eigenvalue weighted by atomic mass is 35.5. The maximum atomic E-state index is 12.3. The van der Waals surface area contributed by atoms with Gasteiger partial charge in [0.15, 0.2) is 0 Å². The first-order chi connectivity index (χ1) is 8.41. The minimum absolute atomic E-state index is 0.311. The maximum Gasteiger partial charge on any atom is 0.328 e. The van der Waals surface area contributed by atoms with Crippen LogP contribution in [0.2, 0.25) is 5.02 Å². The second-order valence-electron chi connectivity index (χ2n) is 3.62. The number of anilines is 1. The van der Waals surface area contributed by atoms with Gasteiger partial charge in [-0.15, -0.1) is 0 Å². The number of carboxylic acids is 1. The van der Waals surface area contributed by atoms with Crippen molar-refractivity contribution >= 4 is 29.3 Å². The summed E-state index contributed by atoms with van der Waals surface area (Å²) in [6, 6.07) is 4.80. The lowest BCUT2D eigenvalue weighted by Gasteiger charge is -2.21. The van der Waals surface area contributed by atoms with Gasteiger partial charge in [0.2, 0.25) is 0 Å². The van der Waals surface area contributed by atoms with Gasteiger partial charge in [-0.3, -0.25) is 0 Å². The van der Waals surface area contributed by atoms with Gasteiger partial charge in [-0.1, -0.05) is 17.7 Å². The topological polar surface area (TPSA) is 40.5 Å². The van der Waals surface area contributed by atoms with Gasteiger partial charge >= 0.3 is 5.97 Å². The molecule has 98 valence electrons. The first kappa shape index (κ1) is 14.4. The molecule has 0 unspecified atom stereocenters. The normalized spacial score (nSPS) is 11.2. The van der Waals surface area contributed by atoms with Crippen LogP contribution in [0.25, 0.3) is 6.08 Å². The molecule has 0 amide bonds. The van der Waals surface area contributed by atoms with Crippen molar-refractivity contribution in [3.63, 3.8) is 0 Å². The van der Waals surface area contributed by atoms with E-state index in [-0.39, 0.29) is 0 Å². The Labute approximate surface area is 108 Å². The van der Waals surface area contributed by atoms with Crippen LogP contribution in [0.3, 0.4) is 0 Å². The fraction of sp³-hybridized carbons (Fsp3) is 0.250. The summed E-state index contributed by atoms with van der Waals surface area (Å²) >= 11 is 5.94. The van der Waals surface area contributed by atoms with Gasteiger partial charge in [0.1, 0.15) is 0 Å². The minimum Gasteiger partial charge on any atom is -0.478 e. The molecule has 1 N–H and O–H groups in total. The van der Waals surface area contributed by atoms with Crippen LogP contribution in [0.1, 0.15) is 5.56 Å². The van der Waals surface area contributed by atoms with Crippen molar-refractivity contribution in [1.82, 2.24) is 0 Å². The van der Waals surface area contributed by atoms with E-state index in [0.29, 0.717) is 16.3 Å². The van der Waals surface area contributed by atoms with E-state index >= 15 is 0 Å². The molecule has 0 radical (unpaired) electrons. The molecule has 0 aliphatic heterocycles. The summed E-state index contributed by atoms with van der Waals surface area (Å²) in [4.78, 5) is 11.8. The number of aliphatic carboxylic acids is 1. The summed E-state index contributed by atoms with van der Waals surface area (Å²) < 4.78 is 24.7. The van der Waals surface area contributed by atoms with Crippen molar-refractivity contribution in [2.75, 3.05) is 18.5 Å². The van der Waals surface area contributed by atoms with Crippen LogP contribution in [0.5, 0.6) is 0 Å². The second-order valence-corrected chi connectivity index (χ2v) is 4.02. The number of hydrogen-bond donors (Lipinski definition) is 1. The Balaban J connectivity index is 3.11. The molecule has 0 bridgehead atoms. The number of carbonyl (C=O) groups is 1. The predicted molar refractivity (Wildman–Crippen MR) is 67.4 cm³/mol. The monoisotopic (exact) mass is 275 g/mol. The third-order valence-electron chi connectivity index (χ3n) is 2.25. The van der Waals surface area contributed by atoms with Crippen molar-refractivity contribution in [3.8, 4) is 0 Å². The number of hydrogen-bond acceptors (Lipinski definition) is 2. The second kappa shape index (κ2) is 6.35. The van der Waals surface area contributed by atoms with Crippen LogP contribution < -0.4 is 4.90 Å². The Bertz CT molecular complexity index is 463. The molecule has 0 saturated heterocycles. The number of alkyl halides is 2. The number of benzene rings is 1. The third-order valence-corrected chi connectivity index (χ3v) is 2.58. The summed E-state index contributed by atoms with van der Waals surface area (Å²) in [5.74, 6) is -1.13. The molecule has 0 spiro atoms. The van der Waals surface area contributed by atoms with Crippen LogP contribution in [0.15, 0.2) is 24.3 Å². The van der Waals surface area contributed by atoms with Crippen LogP contribution in [-0.4, -0.2) is 31.1 Å². The molecule has 1 aromatic carbocycles. The van der Waals surface area contributed by atoms with E-state index in [0.717, 1.165) is 6.08 Å². The van der Waals surface area contributed by atoms with Crippen molar-refractivity contribution in [2.45, 2.75) is 6.43 Å². The fourth-order valence-electron chi connectivity index (χ4n) is 1.48. The molecular formula is C12H12ClF2NO2. The van der Waals surface area contributed by atoms with Crippen molar-refractivity contribution < 1.29 is 18.7 Å². The van der Waals surface area contributed by atoms with Crippen LogP contribution in [-0.2, 0) is 4.79 Å². The van der Waals surface area contributed by atoms with Crippen LogP contribution in [0, 0.1) is 0 Å². The van der Waals surface area contributed by atoms with Gasteiger partial charge in [0.05, 0.1) is 6.54 Å². The molecule has 6 heteroatoms. The summed E-state index contributed by atoms with van der Waals surface area (Å²) in [6.45, 7) is -0.450. The van der Waals surface area contributed by atoms with Gasteiger partial charge in [-0.05, 0) is 18.2 Å². The Morgan fingerprint density at radius 1 is 1.56 bits per heavy atom. The molecule has 0 atom stereocenters. The molecular weight excluding hydrogens is 264 g/mol. The number of halogens is 3. The molecule has 1 aromatic rings. The highest BCUT2D eigenvalue weighted by molar-refractivity contribution is 6.32. The highest BCUT2D eigenvalue weighted by Gasteiger charge is 2.13.